The molecule has 12 heteroatoms. The quantitative estimate of drug-likeness (QED) is 0.0233. The predicted molar refractivity (Wildman–Crippen MR) is 235 cm³/mol. The smallest absolute Gasteiger partial charge is 0.472 e. The van der Waals surface area contributed by atoms with Crippen molar-refractivity contribution in [2.75, 3.05) is 19.8 Å². The third kappa shape index (κ3) is 39.5. The lowest BCUT2D eigenvalue weighted by atomic mass is 10.1. The first-order valence-electron chi connectivity index (χ1n) is 21.6. The van der Waals surface area contributed by atoms with Gasteiger partial charge in [-0.25, -0.2) is 4.57 Å². The van der Waals surface area contributed by atoms with Crippen LogP contribution >= 0.6 is 7.82 Å². The van der Waals surface area contributed by atoms with E-state index >= 15 is 0 Å². The minimum Gasteiger partial charge on any atom is -0.480 e. The maximum atomic E-state index is 12.6. The topological polar surface area (TPSA) is 172 Å². The van der Waals surface area contributed by atoms with E-state index in [2.05, 4.69) is 85.2 Å². The number of esters is 2. The minimum atomic E-state index is -4.74. The number of phosphoric ester groups is 1. The summed E-state index contributed by atoms with van der Waals surface area (Å²) in [6.07, 6.45) is 49.4. The number of aliphatic carboxylic acids is 1. The molecule has 0 saturated heterocycles. The number of allylic oxidation sites excluding steroid dienone is 14. The number of carbonyl (C=O) groups excluding carboxylic acids is 2. The van der Waals surface area contributed by atoms with Crippen molar-refractivity contribution < 1.29 is 47.5 Å². The van der Waals surface area contributed by atoms with Crippen molar-refractivity contribution in [3.8, 4) is 0 Å². The van der Waals surface area contributed by atoms with Gasteiger partial charge in [-0.15, -0.1) is 0 Å². The molecular formula is C46H76NO10P. The van der Waals surface area contributed by atoms with Gasteiger partial charge < -0.3 is 25.2 Å². The maximum absolute atomic E-state index is 12.6. The SMILES string of the molecule is CCCCC/C=C\C/C=C\C/C=C\C/C=C\C/C=C\CCC(=O)O[C@H](COC(=O)CCCCCCC/C=C\C/C=C\CCCCC)COP(=O)(O)OC[C@H](N)C(=O)O. The van der Waals surface area contributed by atoms with Crippen LogP contribution in [0, 0.1) is 0 Å². The van der Waals surface area contributed by atoms with Crippen LogP contribution in [0.3, 0.4) is 0 Å². The Hall–Kier alpha value is -3.34. The monoisotopic (exact) mass is 834 g/mol. The molecule has 0 fully saturated rings. The number of rotatable bonds is 39. The first-order chi connectivity index (χ1) is 28.1. The van der Waals surface area contributed by atoms with Crippen molar-refractivity contribution in [1.82, 2.24) is 0 Å². The minimum absolute atomic E-state index is 0.0300. The molecule has 330 valence electrons. The molecule has 0 spiro atoms. The number of hydrogen-bond acceptors (Lipinski definition) is 9. The van der Waals surface area contributed by atoms with Crippen LogP contribution in [-0.4, -0.2) is 59.9 Å². The van der Waals surface area contributed by atoms with E-state index in [9.17, 15) is 23.8 Å². The fraction of sp³-hybridized carbons (Fsp3) is 0.630. The summed E-state index contributed by atoms with van der Waals surface area (Å²) in [6.45, 7) is 2.64. The Balaban J connectivity index is 4.54. The molecule has 0 aromatic rings. The van der Waals surface area contributed by atoms with Gasteiger partial charge in [0, 0.05) is 12.8 Å². The standard InChI is InChI=1S/C46H76NO10P/c1-3-5-7-9-11-13-15-17-19-20-21-22-24-26-28-30-32-34-36-38-45(49)57-42(40-55-58(52,53)56-41-43(47)46(50)51)39-54-44(48)37-35-33-31-29-27-25-23-18-16-14-12-10-8-6-4-2/h11-14,17-19,21-23,26,28,32,34,42-43H,3-10,15-16,20,24-25,27,29-31,33,35-41,47H2,1-2H3,(H,50,51)(H,52,53)/b13-11-,14-12-,19-17-,22-21-,23-18-,28-26-,34-32-/t42-,43+/m1/s1. The molecule has 4 N–H and O–H groups in total. The van der Waals surface area contributed by atoms with Gasteiger partial charge in [-0.1, -0.05) is 144 Å². The highest BCUT2D eigenvalue weighted by Crippen LogP contribution is 2.43. The third-order valence-electron chi connectivity index (χ3n) is 8.63. The molecule has 0 bridgehead atoms. The summed E-state index contributed by atoms with van der Waals surface area (Å²) >= 11 is 0. The van der Waals surface area contributed by atoms with E-state index in [1.807, 2.05) is 18.2 Å². The largest absolute Gasteiger partial charge is 0.480 e. The molecule has 0 aliphatic heterocycles. The van der Waals surface area contributed by atoms with Gasteiger partial charge in [0.15, 0.2) is 6.10 Å². The molecule has 1 unspecified atom stereocenters. The number of phosphoric acid groups is 1. The van der Waals surface area contributed by atoms with Gasteiger partial charge in [0.1, 0.15) is 12.6 Å². The van der Waals surface area contributed by atoms with E-state index in [-0.39, 0.29) is 19.4 Å². The van der Waals surface area contributed by atoms with Gasteiger partial charge in [0.05, 0.1) is 13.2 Å². The van der Waals surface area contributed by atoms with Crippen molar-refractivity contribution in [3.63, 3.8) is 0 Å². The Bertz CT molecular complexity index is 1300. The van der Waals surface area contributed by atoms with Crippen LogP contribution in [0.1, 0.15) is 155 Å². The number of hydrogen-bond donors (Lipinski definition) is 3. The summed E-state index contributed by atoms with van der Waals surface area (Å²) < 4.78 is 32.6. The predicted octanol–water partition coefficient (Wildman–Crippen LogP) is 11.5. The molecule has 0 aromatic heterocycles. The molecule has 3 atom stereocenters. The van der Waals surface area contributed by atoms with Crippen LogP contribution in [0.4, 0.5) is 0 Å². The van der Waals surface area contributed by atoms with Gasteiger partial charge >= 0.3 is 25.7 Å². The fourth-order valence-electron chi connectivity index (χ4n) is 5.19. The molecule has 11 nitrogen and oxygen atoms in total. The molecule has 0 aromatic carbocycles. The number of ether oxygens (including phenoxy) is 2. The van der Waals surface area contributed by atoms with Crippen LogP contribution in [-0.2, 0) is 37.5 Å². The molecular weight excluding hydrogens is 757 g/mol. The zero-order valence-corrected chi connectivity index (χ0v) is 36.5. The Labute approximate surface area is 350 Å². The first-order valence-corrected chi connectivity index (χ1v) is 23.1. The average molecular weight is 834 g/mol. The van der Waals surface area contributed by atoms with E-state index in [4.69, 9.17) is 24.8 Å². The van der Waals surface area contributed by atoms with Crippen LogP contribution < -0.4 is 5.73 Å². The summed E-state index contributed by atoms with van der Waals surface area (Å²) in [7, 11) is -4.74. The second kappa shape index (κ2) is 40.4. The molecule has 0 amide bonds. The lowest BCUT2D eigenvalue weighted by Gasteiger charge is -2.20. The summed E-state index contributed by atoms with van der Waals surface area (Å²) in [6, 6.07) is -1.54. The molecule has 0 heterocycles. The van der Waals surface area contributed by atoms with Gasteiger partial charge in [-0.2, -0.15) is 0 Å². The average Bonchev–Trinajstić information content (AvgIpc) is 3.20. The molecule has 0 saturated carbocycles. The zero-order valence-electron chi connectivity index (χ0n) is 35.6. The van der Waals surface area contributed by atoms with Crippen LogP contribution in [0.15, 0.2) is 85.1 Å². The second-order valence-electron chi connectivity index (χ2n) is 14.1. The van der Waals surface area contributed by atoms with E-state index in [0.717, 1.165) is 70.6 Å². The molecule has 0 aliphatic rings. The van der Waals surface area contributed by atoms with Gasteiger partial charge in [0.25, 0.3) is 0 Å². The first kappa shape index (κ1) is 54.7. The van der Waals surface area contributed by atoms with Crippen molar-refractivity contribution >= 4 is 25.7 Å². The summed E-state index contributed by atoms with van der Waals surface area (Å²) in [4.78, 5) is 45.9. The number of nitrogens with two attached hydrogens (primary N) is 1. The highest BCUT2D eigenvalue weighted by atomic mass is 31.2. The normalized spacial score (nSPS) is 14.6. The lowest BCUT2D eigenvalue weighted by molar-refractivity contribution is -0.161. The van der Waals surface area contributed by atoms with Gasteiger partial charge in [0.2, 0.25) is 0 Å². The number of unbranched alkanes of at least 4 members (excludes halogenated alkanes) is 11. The van der Waals surface area contributed by atoms with E-state index in [0.29, 0.717) is 19.3 Å². The highest BCUT2D eigenvalue weighted by molar-refractivity contribution is 7.47. The van der Waals surface area contributed by atoms with Crippen molar-refractivity contribution in [1.29, 1.82) is 0 Å². The van der Waals surface area contributed by atoms with E-state index < -0.39 is 51.1 Å². The third-order valence-corrected chi connectivity index (χ3v) is 9.58. The molecule has 0 aliphatic carbocycles. The van der Waals surface area contributed by atoms with Crippen LogP contribution in [0.2, 0.25) is 0 Å². The Morgan fingerprint density at radius 1 is 0.534 bits per heavy atom. The second-order valence-corrected chi connectivity index (χ2v) is 15.6. The summed E-state index contributed by atoms with van der Waals surface area (Å²) in [5.41, 5.74) is 5.32. The Kier molecular flexibility index (Phi) is 38.1. The van der Waals surface area contributed by atoms with Crippen LogP contribution in [0.25, 0.3) is 0 Å². The number of carboxylic acid groups (broad SMARTS) is 1. The summed E-state index contributed by atoms with van der Waals surface area (Å²) in [5, 5.41) is 8.88. The molecule has 0 rings (SSSR count). The van der Waals surface area contributed by atoms with Gasteiger partial charge in [-0.05, 0) is 83.5 Å². The van der Waals surface area contributed by atoms with E-state index in [1.54, 1.807) is 0 Å². The molecule has 58 heavy (non-hydrogen) atoms. The van der Waals surface area contributed by atoms with E-state index in [1.165, 1.54) is 38.5 Å². The maximum Gasteiger partial charge on any atom is 0.472 e. The fourth-order valence-corrected chi connectivity index (χ4v) is 5.97. The Morgan fingerprint density at radius 3 is 1.43 bits per heavy atom. The van der Waals surface area contributed by atoms with Gasteiger partial charge in [-0.3, -0.25) is 23.4 Å². The van der Waals surface area contributed by atoms with Crippen molar-refractivity contribution in [2.45, 2.75) is 167 Å². The number of carboxylic acids is 1. The highest BCUT2D eigenvalue weighted by Gasteiger charge is 2.28. The summed E-state index contributed by atoms with van der Waals surface area (Å²) in [5.74, 6) is -2.51. The van der Waals surface area contributed by atoms with Crippen LogP contribution in [0.5, 0.6) is 0 Å². The lowest BCUT2D eigenvalue weighted by Crippen LogP contribution is -2.34. The zero-order chi connectivity index (χ0) is 42.8. The molecule has 0 radical (unpaired) electrons. The van der Waals surface area contributed by atoms with Crippen molar-refractivity contribution in [3.05, 3.63) is 85.1 Å². The van der Waals surface area contributed by atoms with Crippen molar-refractivity contribution in [2.24, 2.45) is 5.73 Å². The Morgan fingerprint density at radius 2 is 0.948 bits per heavy atom. The number of carbonyl (C=O) groups is 3.